The van der Waals surface area contributed by atoms with Crippen LogP contribution in [0.4, 0.5) is 0 Å². The minimum absolute atomic E-state index is 0.00722. The maximum Gasteiger partial charge on any atom is 0.240 e. The molecule has 0 spiro atoms. The van der Waals surface area contributed by atoms with Crippen molar-refractivity contribution < 1.29 is 4.79 Å². The van der Waals surface area contributed by atoms with E-state index < -0.39 is 5.54 Å². The highest BCUT2D eigenvalue weighted by atomic mass is 32.1. The first-order chi connectivity index (χ1) is 9.60. The van der Waals surface area contributed by atoms with E-state index in [4.69, 9.17) is 5.73 Å². The van der Waals surface area contributed by atoms with Crippen LogP contribution in [0.25, 0.3) is 0 Å². The van der Waals surface area contributed by atoms with Gasteiger partial charge in [0, 0.05) is 4.88 Å². The fourth-order valence-electron chi connectivity index (χ4n) is 3.04. The van der Waals surface area contributed by atoms with Crippen molar-refractivity contribution in [3.8, 4) is 0 Å². The Labute approximate surface area is 125 Å². The Morgan fingerprint density at radius 1 is 1.45 bits per heavy atom. The molecule has 0 aromatic carbocycles. The number of carbonyl (C=O) groups excluding carboxylic acids is 1. The molecule has 112 valence electrons. The van der Waals surface area contributed by atoms with Crippen molar-refractivity contribution in [3.63, 3.8) is 0 Å². The van der Waals surface area contributed by atoms with Crippen LogP contribution in [0.5, 0.6) is 0 Å². The maximum atomic E-state index is 12.6. The molecule has 3 nitrogen and oxygen atoms in total. The molecule has 1 aromatic heterocycles. The van der Waals surface area contributed by atoms with Crippen molar-refractivity contribution in [2.75, 3.05) is 0 Å². The summed E-state index contributed by atoms with van der Waals surface area (Å²) in [6, 6.07) is 4.33. The van der Waals surface area contributed by atoms with E-state index in [2.05, 4.69) is 22.8 Å². The van der Waals surface area contributed by atoms with Crippen LogP contribution >= 0.6 is 11.3 Å². The predicted molar refractivity (Wildman–Crippen MR) is 84.7 cm³/mol. The van der Waals surface area contributed by atoms with E-state index in [0.717, 1.165) is 0 Å². The van der Waals surface area contributed by atoms with Crippen molar-refractivity contribution in [3.05, 3.63) is 22.4 Å². The lowest BCUT2D eigenvalue weighted by Gasteiger charge is -2.31. The highest BCUT2D eigenvalue weighted by Crippen LogP contribution is 2.37. The topological polar surface area (TPSA) is 55.1 Å². The zero-order chi connectivity index (χ0) is 14.6. The summed E-state index contributed by atoms with van der Waals surface area (Å²) in [4.78, 5) is 13.8. The molecule has 1 heterocycles. The zero-order valence-corrected chi connectivity index (χ0v) is 13.3. The SMILES string of the molecule is CCC(N)(CC)C(=O)NC(c1cccs1)C1CCCC1. The van der Waals surface area contributed by atoms with Crippen LogP contribution in [0.1, 0.15) is 63.3 Å². The Morgan fingerprint density at radius 2 is 2.10 bits per heavy atom. The first-order valence-electron chi connectivity index (χ1n) is 7.74. The highest BCUT2D eigenvalue weighted by Gasteiger charge is 2.35. The lowest BCUT2D eigenvalue weighted by molar-refractivity contribution is -0.127. The van der Waals surface area contributed by atoms with Gasteiger partial charge in [0.25, 0.3) is 0 Å². The van der Waals surface area contributed by atoms with Gasteiger partial charge in [0.05, 0.1) is 11.6 Å². The van der Waals surface area contributed by atoms with Gasteiger partial charge in [0.15, 0.2) is 0 Å². The quantitative estimate of drug-likeness (QED) is 0.842. The second-order valence-corrected chi connectivity index (χ2v) is 6.85. The normalized spacial score (nSPS) is 18.1. The van der Waals surface area contributed by atoms with E-state index in [1.54, 1.807) is 11.3 Å². The van der Waals surface area contributed by atoms with Crippen molar-refractivity contribution in [2.24, 2.45) is 11.7 Å². The second kappa shape index (κ2) is 6.72. The van der Waals surface area contributed by atoms with Gasteiger partial charge in [-0.05, 0) is 43.0 Å². The maximum absolute atomic E-state index is 12.6. The summed E-state index contributed by atoms with van der Waals surface area (Å²) in [7, 11) is 0. The monoisotopic (exact) mass is 294 g/mol. The molecule has 1 fully saturated rings. The molecule has 20 heavy (non-hydrogen) atoms. The van der Waals surface area contributed by atoms with Crippen LogP contribution in [0.3, 0.4) is 0 Å². The van der Waals surface area contributed by atoms with Gasteiger partial charge in [0.2, 0.25) is 5.91 Å². The molecule has 0 saturated heterocycles. The molecule has 1 unspecified atom stereocenters. The van der Waals surface area contributed by atoms with Crippen molar-refractivity contribution in [2.45, 2.75) is 64.0 Å². The molecule has 1 amide bonds. The van der Waals surface area contributed by atoms with Crippen LogP contribution in [-0.4, -0.2) is 11.4 Å². The number of carbonyl (C=O) groups is 1. The highest BCUT2D eigenvalue weighted by molar-refractivity contribution is 7.10. The zero-order valence-electron chi connectivity index (χ0n) is 12.5. The lowest BCUT2D eigenvalue weighted by Crippen LogP contribution is -2.54. The van der Waals surface area contributed by atoms with E-state index in [1.807, 2.05) is 13.8 Å². The number of hydrogen-bond donors (Lipinski definition) is 2. The number of thiophene rings is 1. The summed E-state index contributed by atoms with van der Waals surface area (Å²) >= 11 is 1.73. The fourth-order valence-corrected chi connectivity index (χ4v) is 3.91. The third-order valence-electron chi connectivity index (χ3n) is 4.72. The third-order valence-corrected chi connectivity index (χ3v) is 5.68. The van der Waals surface area contributed by atoms with Crippen molar-refractivity contribution in [1.82, 2.24) is 5.32 Å². The Hall–Kier alpha value is -0.870. The van der Waals surface area contributed by atoms with Gasteiger partial charge < -0.3 is 11.1 Å². The van der Waals surface area contributed by atoms with E-state index in [9.17, 15) is 4.79 Å². The van der Waals surface area contributed by atoms with Crippen molar-refractivity contribution >= 4 is 17.2 Å². The fraction of sp³-hybridized carbons (Fsp3) is 0.688. The molecule has 1 saturated carbocycles. The minimum atomic E-state index is -0.728. The van der Waals surface area contributed by atoms with Crippen LogP contribution in [0.15, 0.2) is 17.5 Å². The third kappa shape index (κ3) is 3.23. The number of amides is 1. The molecule has 1 aliphatic rings. The molecule has 1 atom stereocenters. The molecule has 0 radical (unpaired) electrons. The molecule has 2 rings (SSSR count). The van der Waals surface area contributed by atoms with E-state index in [-0.39, 0.29) is 11.9 Å². The van der Waals surface area contributed by atoms with E-state index >= 15 is 0 Å². The molecular weight excluding hydrogens is 268 g/mol. The standard InChI is InChI=1S/C16H26N2OS/c1-3-16(17,4-2)15(19)18-14(12-8-5-6-9-12)13-10-7-11-20-13/h7,10-12,14H,3-6,8-9,17H2,1-2H3,(H,18,19). The van der Waals surface area contributed by atoms with Gasteiger partial charge in [0.1, 0.15) is 0 Å². The molecular formula is C16H26N2OS. The summed E-state index contributed by atoms with van der Waals surface area (Å²) in [5.74, 6) is 0.573. The summed E-state index contributed by atoms with van der Waals surface area (Å²) in [5, 5.41) is 5.33. The first kappa shape index (κ1) is 15.5. The molecule has 4 heteroatoms. The summed E-state index contributed by atoms with van der Waals surface area (Å²) < 4.78 is 0. The average molecular weight is 294 g/mol. The molecule has 0 aliphatic heterocycles. The Kier molecular flexibility index (Phi) is 5.22. The predicted octanol–water partition coefficient (Wildman–Crippen LogP) is 3.61. The Bertz CT molecular complexity index is 420. The van der Waals surface area contributed by atoms with Gasteiger partial charge in [-0.25, -0.2) is 0 Å². The van der Waals surface area contributed by atoms with Crippen LogP contribution in [-0.2, 0) is 4.79 Å². The summed E-state index contributed by atoms with van der Waals surface area (Å²) in [6.45, 7) is 3.97. The molecule has 1 aromatic rings. The molecule has 3 N–H and O–H groups in total. The van der Waals surface area contributed by atoms with Crippen molar-refractivity contribution in [1.29, 1.82) is 0 Å². The Balaban J connectivity index is 2.14. The largest absolute Gasteiger partial charge is 0.347 e. The van der Waals surface area contributed by atoms with E-state index in [1.165, 1.54) is 30.6 Å². The summed E-state index contributed by atoms with van der Waals surface area (Å²) in [5.41, 5.74) is 5.50. The first-order valence-corrected chi connectivity index (χ1v) is 8.62. The van der Waals surface area contributed by atoms with Gasteiger partial charge in [-0.3, -0.25) is 4.79 Å². The molecule has 0 bridgehead atoms. The second-order valence-electron chi connectivity index (χ2n) is 5.87. The smallest absolute Gasteiger partial charge is 0.240 e. The van der Waals surface area contributed by atoms with Gasteiger partial charge in [-0.2, -0.15) is 0 Å². The minimum Gasteiger partial charge on any atom is -0.347 e. The van der Waals surface area contributed by atoms with Crippen LogP contribution in [0.2, 0.25) is 0 Å². The summed E-state index contributed by atoms with van der Waals surface area (Å²) in [6.07, 6.45) is 6.32. The number of nitrogens with one attached hydrogen (secondary N) is 1. The lowest BCUT2D eigenvalue weighted by atomic mass is 9.90. The number of hydrogen-bond acceptors (Lipinski definition) is 3. The molecule has 1 aliphatic carbocycles. The van der Waals surface area contributed by atoms with Gasteiger partial charge in [-0.1, -0.05) is 32.8 Å². The van der Waals surface area contributed by atoms with Gasteiger partial charge in [-0.15, -0.1) is 11.3 Å². The van der Waals surface area contributed by atoms with Crippen LogP contribution in [0, 0.1) is 5.92 Å². The van der Waals surface area contributed by atoms with Gasteiger partial charge >= 0.3 is 0 Å². The van der Waals surface area contributed by atoms with E-state index in [0.29, 0.717) is 18.8 Å². The number of nitrogens with two attached hydrogens (primary N) is 1. The average Bonchev–Trinajstić information content (AvgIpc) is 3.16. The number of rotatable bonds is 6. The van der Waals surface area contributed by atoms with Crippen LogP contribution < -0.4 is 11.1 Å². The Morgan fingerprint density at radius 3 is 2.60 bits per heavy atom.